The standard InChI is InChI=1S/C27H33N3O8/c1-13(2)11-18-29-17-12-14(36-5)8-9-15(17)19-20(29)21(23(32)26(3,4)38-37-18)30-24(33)16-7-6-10-28(16)25(34)27(30,35)22(19)31/h8-9,11-12,16,18,21-23,31-32,35H,6-7,10H2,1-5H3. The van der Waals surface area contributed by atoms with Crippen molar-refractivity contribution >= 4 is 22.7 Å². The Hall–Kier alpha value is -2.96. The third kappa shape index (κ3) is 3.13. The minimum absolute atomic E-state index is 0.248. The monoisotopic (exact) mass is 527 g/mol. The van der Waals surface area contributed by atoms with Gasteiger partial charge in [-0.2, -0.15) is 0 Å². The van der Waals surface area contributed by atoms with Gasteiger partial charge in [0.05, 0.1) is 18.3 Å². The van der Waals surface area contributed by atoms with Crippen molar-refractivity contribution in [3.05, 3.63) is 41.1 Å². The van der Waals surface area contributed by atoms with E-state index < -0.39 is 53.7 Å². The van der Waals surface area contributed by atoms with Crippen molar-refractivity contribution in [3.63, 3.8) is 0 Å². The van der Waals surface area contributed by atoms with Crippen LogP contribution in [-0.4, -0.2) is 78.6 Å². The van der Waals surface area contributed by atoms with E-state index in [1.165, 1.54) is 12.0 Å². The summed E-state index contributed by atoms with van der Waals surface area (Å²) in [7, 11) is 1.53. The van der Waals surface area contributed by atoms with Crippen LogP contribution < -0.4 is 4.74 Å². The second-order valence-corrected chi connectivity index (χ2v) is 11.4. The molecule has 2 amide bonds. The molecule has 2 saturated heterocycles. The van der Waals surface area contributed by atoms with Crippen molar-refractivity contribution in [2.24, 2.45) is 0 Å². The van der Waals surface area contributed by atoms with E-state index in [4.69, 9.17) is 14.5 Å². The van der Waals surface area contributed by atoms with Crippen LogP contribution in [-0.2, 0) is 19.4 Å². The van der Waals surface area contributed by atoms with Crippen LogP contribution in [0.25, 0.3) is 10.9 Å². The second-order valence-electron chi connectivity index (χ2n) is 11.4. The van der Waals surface area contributed by atoms with E-state index in [1.54, 1.807) is 36.6 Å². The lowest BCUT2D eigenvalue weighted by Gasteiger charge is -2.57. The maximum atomic E-state index is 14.0. The van der Waals surface area contributed by atoms with E-state index in [9.17, 15) is 24.9 Å². The van der Waals surface area contributed by atoms with Gasteiger partial charge < -0.3 is 29.5 Å². The number of carbonyl (C=O) groups excluding carboxylic acids is 2. The number of piperazine rings is 1. The lowest BCUT2D eigenvalue weighted by molar-refractivity contribution is -0.406. The fraction of sp³-hybridized carbons (Fsp3) is 0.556. The predicted molar refractivity (Wildman–Crippen MR) is 133 cm³/mol. The SMILES string of the molecule is COc1ccc2c3c4n(c2c1)C(C=C(C)C)OOC(C)(C)C(O)C4N1C(=O)C2CCCN2C(=O)C1(O)C3O. The average molecular weight is 528 g/mol. The second kappa shape index (κ2) is 8.27. The van der Waals surface area contributed by atoms with E-state index in [-0.39, 0.29) is 5.56 Å². The Bertz CT molecular complexity index is 1380. The molecule has 204 valence electrons. The fourth-order valence-electron chi connectivity index (χ4n) is 6.48. The number of allylic oxidation sites excluding steroid dienone is 1. The molecule has 3 N–H and O–H groups in total. The summed E-state index contributed by atoms with van der Waals surface area (Å²) in [5.74, 6) is -0.750. The number of aliphatic hydroxyl groups excluding tert-OH is 2. The molecule has 2 fully saturated rings. The van der Waals surface area contributed by atoms with E-state index >= 15 is 0 Å². The zero-order chi connectivity index (χ0) is 27.3. The summed E-state index contributed by atoms with van der Waals surface area (Å²) in [5, 5.41) is 36.3. The first kappa shape index (κ1) is 25.3. The Labute approximate surface area is 219 Å². The molecule has 6 unspecified atom stereocenters. The highest BCUT2D eigenvalue weighted by Gasteiger charge is 2.68. The number of carbonyl (C=O) groups is 2. The highest BCUT2D eigenvalue weighted by molar-refractivity contribution is 6.02. The van der Waals surface area contributed by atoms with Crippen LogP contribution in [0.2, 0.25) is 0 Å². The molecule has 11 heteroatoms. The topological polar surface area (TPSA) is 134 Å². The zero-order valence-electron chi connectivity index (χ0n) is 22.0. The molecule has 1 aromatic heterocycles. The molecule has 5 heterocycles. The number of fused-ring (bicyclic) bond motifs is 6. The van der Waals surface area contributed by atoms with Gasteiger partial charge in [-0.15, -0.1) is 0 Å². The van der Waals surface area contributed by atoms with E-state index in [2.05, 4.69) is 0 Å². The van der Waals surface area contributed by atoms with Crippen molar-refractivity contribution in [2.75, 3.05) is 13.7 Å². The number of rotatable bonds is 2. The van der Waals surface area contributed by atoms with E-state index in [0.29, 0.717) is 41.7 Å². The van der Waals surface area contributed by atoms with Crippen LogP contribution >= 0.6 is 0 Å². The third-order valence-electron chi connectivity index (χ3n) is 8.32. The molecular weight excluding hydrogens is 494 g/mol. The molecule has 1 aromatic carbocycles. The normalized spacial score (nSPS) is 33.8. The molecule has 0 radical (unpaired) electrons. The molecule has 0 aliphatic carbocycles. The smallest absolute Gasteiger partial charge is 0.279 e. The Balaban J connectivity index is 1.74. The van der Waals surface area contributed by atoms with Crippen LogP contribution in [0.15, 0.2) is 29.8 Å². The molecule has 4 aliphatic rings. The van der Waals surface area contributed by atoms with Crippen LogP contribution in [0.1, 0.15) is 70.2 Å². The van der Waals surface area contributed by atoms with Gasteiger partial charge in [0.1, 0.15) is 35.6 Å². The first-order valence-electron chi connectivity index (χ1n) is 12.9. The molecule has 38 heavy (non-hydrogen) atoms. The molecule has 6 rings (SSSR count). The Morgan fingerprint density at radius 2 is 1.95 bits per heavy atom. The summed E-state index contributed by atoms with van der Waals surface area (Å²) in [6.45, 7) is 7.32. The van der Waals surface area contributed by atoms with Gasteiger partial charge in [0.15, 0.2) is 6.23 Å². The highest BCUT2D eigenvalue weighted by atomic mass is 17.2. The van der Waals surface area contributed by atoms with Crippen molar-refractivity contribution in [1.29, 1.82) is 0 Å². The maximum absolute atomic E-state index is 14.0. The van der Waals surface area contributed by atoms with Gasteiger partial charge in [0.25, 0.3) is 11.6 Å². The van der Waals surface area contributed by atoms with Crippen molar-refractivity contribution < 1.29 is 39.4 Å². The van der Waals surface area contributed by atoms with E-state index in [1.807, 2.05) is 19.9 Å². The molecule has 4 aliphatic heterocycles. The number of aromatic nitrogens is 1. The lowest BCUT2D eigenvalue weighted by atomic mass is 9.78. The summed E-state index contributed by atoms with van der Waals surface area (Å²) in [5.41, 5.74) is -1.90. The van der Waals surface area contributed by atoms with Gasteiger partial charge in [-0.05, 0) is 58.7 Å². The molecule has 11 nitrogen and oxygen atoms in total. The number of amides is 2. The first-order valence-corrected chi connectivity index (χ1v) is 12.9. The van der Waals surface area contributed by atoms with Crippen LogP contribution in [0.4, 0.5) is 0 Å². The van der Waals surface area contributed by atoms with Crippen LogP contribution in [0.3, 0.4) is 0 Å². The van der Waals surface area contributed by atoms with Crippen LogP contribution in [0.5, 0.6) is 5.75 Å². The minimum Gasteiger partial charge on any atom is -0.497 e. The van der Waals surface area contributed by atoms with Gasteiger partial charge in [-0.1, -0.05) is 5.57 Å². The van der Waals surface area contributed by atoms with Gasteiger partial charge >= 0.3 is 0 Å². The number of nitrogens with zero attached hydrogens (tertiary/aromatic N) is 3. The molecule has 0 saturated carbocycles. The molecular formula is C27H33N3O8. The molecule has 0 spiro atoms. The number of benzene rings is 1. The van der Waals surface area contributed by atoms with Crippen LogP contribution in [0, 0.1) is 0 Å². The Kier molecular flexibility index (Phi) is 5.51. The number of hydrogen-bond acceptors (Lipinski definition) is 8. The average Bonchev–Trinajstić information content (AvgIpc) is 3.49. The number of methoxy groups -OCH3 is 1. The molecule has 0 bridgehead atoms. The zero-order valence-corrected chi connectivity index (χ0v) is 22.0. The molecule has 2 aromatic rings. The highest BCUT2D eigenvalue weighted by Crippen LogP contribution is 2.55. The number of hydrogen-bond donors (Lipinski definition) is 3. The summed E-state index contributed by atoms with van der Waals surface area (Å²) in [6.07, 6.45) is -1.23. The number of aliphatic hydroxyl groups is 3. The fourth-order valence-corrected chi connectivity index (χ4v) is 6.48. The Morgan fingerprint density at radius 3 is 2.63 bits per heavy atom. The predicted octanol–water partition coefficient (Wildman–Crippen LogP) is 1.83. The quantitative estimate of drug-likeness (QED) is 0.398. The lowest BCUT2D eigenvalue weighted by Crippen LogP contribution is -2.76. The van der Waals surface area contributed by atoms with Gasteiger partial charge in [0, 0.05) is 23.6 Å². The summed E-state index contributed by atoms with van der Waals surface area (Å²) < 4.78 is 7.20. The first-order chi connectivity index (χ1) is 17.9. The third-order valence-corrected chi connectivity index (χ3v) is 8.32. The van der Waals surface area contributed by atoms with Gasteiger partial charge in [-0.3, -0.25) is 14.5 Å². The van der Waals surface area contributed by atoms with Crippen molar-refractivity contribution in [1.82, 2.24) is 14.4 Å². The largest absolute Gasteiger partial charge is 0.497 e. The summed E-state index contributed by atoms with van der Waals surface area (Å²) >= 11 is 0. The van der Waals surface area contributed by atoms with E-state index in [0.717, 1.165) is 10.5 Å². The minimum atomic E-state index is -2.61. The summed E-state index contributed by atoms with van der Waals surface area (Å²) in [4.78, 5) is 41.9. The van der Waals surface area contributed by atoms with Crippen molar-refractivity contribution in [3.8, 4) is 5.75 Å². The molecule has 6 atom stereocenters. The summed E-state index contributed by atoms with van der Waals surface area (Å²) in [6, 6.07) is 3.18. The Morgan fingerprint density at radius 1 is 1.21 bits per heavy atom. The van der Waals surface area contributed by atoms with Gasteiger partial charge in [-0.25, -0.2) is 9.78 Å². The van der Waals surface area contributed by atoms with Gasteiger partial charge in [0.2, 0.25) is 5.91 Å². The van der Waals surface area contributed by atoms with Crippen molar-refractivity contribution in [2.45, 2.75) is 82.4 Å². The maximum Gasteiger partial charge on any atom is 0.279 e. The number of ether oxygens (including phenoxy) is 1.